The van der Waals surface area contributed by atoms with Gasteiger partial charge in [0.25, 0.3) is 5.82 Å². The van der Waals surface area contributed by atoms with Crippen LogP contribution < -0.4 is 4.57 Å². The van der Waals surface area contributed by atoms with Crippen LogP contribution in [0.15, 0.2) is 83.5 Å². The van der Waals surface area contributed by atoms with Crippen LogP contribution in [-0.4, -0.2) is 4.57 Å². The Balaban J connectivity index is 1.64. The third-order valence-corrected chi connectivity index (χ3v) is 7.60. The molecule has 6 aromatic rings. The lowest BCUT2D eigenvalue weighted by Gasteiger charge is -2.18. The third-order valence-electron chi connectivity index (χ3n) is 7.60. The van der Waals surface area contributed by atoms with Crippen molar-refractivity contribution in [1.29, 1.82) is 0 Å². The first-order valence-corrected chi connectivity index (χ1v) is 12.9. The highest BCUT2D eigenvalue weighted by atomic mass is 16.3. The van der Waals surface area contributed by atoms with E-state index >= 15 is 0 Å². The Morgan fingerprint density at radius 2 is 1.50 bits per heavy atom. The van der Waals surface area contributed by atoms with Crippen LogP contribution in [0.1, 0.15) is 56.2 Å². The molecule has 0 bridgehead atoms. The molecule has 0 atom stereocenters. The number of aromatic nitrogens is 2. The number of benzene rings is 4. The first-order valence-electron chi connectivity index (χ1n) is 12.9. The SMILES string of the molecule is Cc1c(-c2n(-c3c(C(C)C)cccc3C(C)C)cc[n+]2C)ccc2c1oc1ccc3ccccc3c12. The second-order valence-electron chi connectivity index (χ2n) is 10.6. The van der Waals surface area contributed by atoms with Gasteiger partial charge in [-0.2, -0.15) is 4.57 Å². The summed E-state index contributed by atoms with van der Waals surface area (Å²) in [4.78, 5) is 0. The van der Waals surface area contributed by atoms with E-state index in [0.717, 1.165) is 22.6 Å². The molecule has 0 fully saturated rings. The molecule has 0 aliphatic heterocycles. The van der Waals surface area contributed by atoms with E-state index in [1.54, 1.807) is 0 Å². The second-order valence-corrected chi connectivity index (χ2v) is 10.6. The highest BCUT2D eigenvalue weighted by Crippen LogP contribution is 2.40. The van der Waals surface area contributed by atoms with Crippen LogP contribution in [0.5, 0.6) is 0 Å². The van der Waals surface area contributed by atoms with Crippen LogP contribution in [0, 0.1) is 6.92 Å². The average molecular weight is 474 g/mol. The summed E-state index contributed by atoms with van der Waals surface area (Å²) < 4.78 is 11.1. The highest BCUT2D eigenvalue weighted by molar-refractivity contribution is 6.19. The van der Waals surface area contributed by atoms with E-state index in [4.69, 9.17) is 4.42 Å². The van der Waals surface area contributed by atoms with Gasteiger partial charge in [0.2, 0.25) is 0 Å². The van der Waals surface area contributed by atoms with Gasteiger partial charge < -0.3 is 4.42 Å². The lowest BCUT2D eigenvalue weighted by molar-refractivity contribution is -0.659. The summed E-state index contributed by atoms with van der Waals surface area (Å²) in [5.41, 5.74) is 8.29. The predicted octanol–water partition coefficient (Wildman–Crippen LogP) is 8.58. The zero-order valence-electron chi connectivity index (χ0n) is 22.0. The standard InChI is InChI=1S/C33H33N2O/c1-20(2)24-12-9-13-25(21(3)4)31(24)35-19-18-34(6)33(35)26-15-16-28-30-27-11-8-7-10-23(27)14-17-29(30)36-32(28)22(26)5/h7-21H,1-6H3/q+1. The monoisotopic (exact) mass is 473 g/mol. The van der Waals surface area contributed by atoms with Crippen LogP contribution in [0.3, 0.4) is 0 Å². The number of rotatable bonds is 4. The zero-order valence-corrected chi connectivity index (χ0v) is 22.0. The molecular formula is C33H33N2O+. The summed E-state index contributed by atoms with van der Waals surface area (Å²) in [6.45, 7) is 11.3. The topological polar surface area (TPSA) is 21.9 Å². The zero-order chi connectivity index (χ0) is 25.1. The minimum Gasteiger partial charge on any atom is -0.456 e. The molecule has 36 heavy (non-hydrogen) atoms. The number of nitrogens with zero attached hydrogens (tertiary/aromatic N) is 2. The molecular weight excluding hydrogens is 440 g/mol. The highest BCUT2D eigenvalue weighted by Gasteiger charge is 2.28. The average Bonchev–Trinajstić information content (AvgIpc) is 3.45. The Bertz CT molecular complexity index is 1740. The molecule has 0 aliphatic rings. The summed E-state index contributed by atoms with van der Waals surface area (Å²) in [7, 11) is 2.13. The fourth-order valence-corrected chi connectivity index (χ4v) is 5.75. The molecule has 6 rings (SSSR count). The fourth-order valence-electron chi connectivity index (χ4n) is 5.75. The largest absolute Gasteiger partial charge is 0.456 e. The van der Waals surface area contributed by atoms with Crippen LogP contribution in [-0.2, 0) is 7.05 Å². The van der Waals surface area contributed by atoms with Crippen molar-refractivity contribution in [2.45, 2.75) is 46.5 Å². The van der Waals surface area contributed by atoms with Crippen LogP contribution in [0.2, 0.25) is 0 Å². The Kier molecular flexibility index (Phi) is 5.26. The van der Waals surface area contributed by atoms with E-state index < -0.39 is 0 Å². The fraction of sp³-hybridized carbons (Fsp3) is 0.242. The van der Waals surface area contributed by atoms with E-state index in [2.05, 4.69) is 130 Å². The first-order chi connectivity index (χ1) is 17.4. The van der Waals surface area contributed by atoms with E-state index in [1.807, 2.05) is 0 Å². The van der Waals surface area contributed by atoms with Gasteiger partial charge >= 0.3 is 0 Å². The maximum absolute atomic E-state index is 6.52. The summed E-state index contributed by atoms with van der Waals surface area (Å²) in [5.74, 6) is 2.01. The van der Waals surface area contributed by atoms with Crippen molar-refractivity contribution in [2.75, 3.05) is 0 Å². The van der Waals surface area contributed by atoms with Gasteiger partial charge in [0, 0.05) is 27.5 Å². The van der Waals surface area contributed by atoms with E-state index in [0.29, 0.717) is 11.8 Å². The van der Waals surface area contributed by atoms with Gasteiger partial charge in [-0.25, -0.2) is 4.57 Å². The molecule has 4 aromatic carbocycles. The van der Waals surface area contributed by atoms with Crippen molar-refractivity contribution in [3.05, 3.63) is 95.8 Å². The predicted molar refractivity (Wildman–Crippen MR) is 150 cm³/mol. The van der Waals surface area contributed by atoms with Crippen LogP contribution >= 0.6 is 0 Å². The number of aryl methyl sites for hydroxylation is 2. The van der Waals surface area contributed by atoms with E-state index in [9.17, 15) is 0 Å². The van der Waals surface area contributed by atoms with Gasteiger partial charge in [0.1, 0.15) is 29.2 Å². The Morgan fingerprint density at radius 1 is 0.778 bits per heavy atom. The summed E-state index contributed by atoms with van der Waals surface area (Å²) in [5, 5.41) is 4.85. The molecule has 0 unspecified atom stereocenters. The van der Waals surface area contributed by atoms with Crippen molar-refractivity contribution >= 4 is 32.7 Å². The molecule has 2 heterocycles. The van der Waals surface area contributed by atoms with Crippen molar-refractivity contribution in [3.63, 3.8) is 0 Å². The van der Waals surface area contributed by atoms with Crippen LogP contribution in [0.25, 0.3) is 49.8 Å². The van der Waals surface area contributed by atoms with Gasteiger partial charge in [-0.05, 0) is 47.7 Å². The van der Waals surface area contributed by atoms with Gasteiger partial charge in [0.15, 0.2) is 0 Å². The van der Waals surface area contributed by atoms with Gasteiger partial charge in [-0.15, -0.1) is 0 Å². The number of hydrogen-bond donors (Lipinski definition) is 0. The molecule has 2 aromatic heterocycles. The van der Waals surface area contributed by atoms with E-state index in [1.165, 1.54) is 43.9 Å². The quantitative estimate of drug-likeness (QED) is 0.235. The molecule has 0 saturated heterocycles. The first kappa shape index (κ1) is 22.6. The number of fused-ring (bicyclic) bond motifs is 5. The molecule has 3 nitrogen and oxygen atoms in total. The third kappa shape index (κ3) is 3.30. The summed E-state index contributed by atoms with van der Waals surface area (Å²) in [6, 6.07) is 24.1. The molecule has 0 amide bonds. The second kappa shape index (κ2) is 8.37. The molecule has 0 saturated carbocycles. The summed E-state index contributed by atoms with van der Waals surface area (Å²) >= 11 is 0. The van der Waals surface area contributed by atoms with Gasteiger partial charge in [-0.1, -0.05) is 76.2 Å². The normalized spacial score (nSPS) is 12.1. The molecule has 0 spiro atoms. The van der Waals surface area contributed by atoms with Gasteiger partial charge in [-0.3, -0.25) is 0 Å². The Hall–Kier alpha value is -3.85. The van der Waals surface area contributed by atoms with Crippen molar-refractivity contribution in [2.24, 2.45) is 7.05 Å². The molecule has 0 N–H and O–H groups in total. The molecule has 3 heteroatoms. The minimum atomic E-state index is 0.423. The number of furan rings is 1. The molecule has 180 valence electrons. The van der Waals surface area contributed by atoms with Crippen molar-refractivity contribution in [1.82, 2.24) is 4.57 Å². The number of imidazole rings is 1. The Labute approximate surface area is 212 Å². The van der Waals surface area contributed by atoms with Crippen LogP contribution in [0.4, 0.5) is 0 Å². The lowest BCUT2D eigenvalue weighted by atomic mass is 9.92. The van der Waals surface area contributed by atoms with E-state index in [-0.39, 0.29) is 0 Å². The number of para-hydroxylation sites is 1. The smallest absolute Gasteiger partial charge is 0.294 e. The van der Waals surface area contributed by atoms with Crippen molar-refractivity contribution in [3.8, 4) is 17.1 Å². The maximum Gasteiger partial charge on any atom is 0.294 e. The number of hydrogen-bond acceptors (Lipinski definition) is 1. The Morgan fingerprint density at radius 3 is 2.22 bits per heavy atom. The maximum atomic E-state index is 6.52. The van der Waals surface area contributed by atoms with Gasteiger partial charge in [0.05, 0.1) is 12.6 Å². The lowest BCUT2D eigenvalue weighted by Crippen LogP contribution is -2.29. The molecule has 0 radical (unpaired) electrons. The summed E-state index contributed by atoms with van der Waals surface area (Å²) in [6.07, 6.45) is 4.37. The molecule has 0 aliphatic carbocycles. The minimum absolute atomic E-state index is 0.423. The van der Waals surface area contributed by atoms with Crippen molar-refractivity contribution < 1.29 is 8.98 Å².